The van der Waals surface area contributed by atoms with Crippen LogP contribution in [0.5, 0.6) is 0 Å². The topological polar surface area (TPSA) is 76.2 Å². The van der Waals surface area contributed by atoms with Crippen molar-refractivity contribution in [3.8, 4) is 0 Å². The minimum Gasteiger partial charge on any atom is -0.382 e. The third kappa shape index (κ3) is 2.73. The fourth-order valence-electron chi connectivity index (χ4n) is 1.94. The highest BCUT2D eigenvalue weighted by molar-refractivity contribution is 5.76. The van der Waals surface area contributed by atoms with Crippen molar-refractivity contribution in [1.82, 2.24) is 20.0 Å². The van der Waals surface area contributed by atoms with Crippen molar-refractivity contribution in [3.63, 3.8) is 0 Å². The maximum atomic E-state index is 11.7. The van der Waals surface area contributed by atoms with E-state index >= 15 is 0 Å². The lowest BCUT2D eigenvalue weighted by Crippen LogP contribution is -2.38. The molecular weight excluding hydrogens is 206 g/mol. The van der Waals surface area contributed by atoms with Crippen LogP contribution in [-0.4, -0.2) is 46.8 Å². The Kier molecular flexibility index (Phi) is 3.09. The molecular formula is C10H17N5O. The number of nitrogens with zero attached hydrogens (tertiary/aromatic N) is 3. The highest BCUT2D eigenvalue weighted by Gasteiger charge is 2.20. The number of amides is 1. The molecule has 0 radical (unpaired) electrons. The third-order valence-electron chi connectivity index (χ3n) is 2.72. The quantitative estimate of drug-likeness (QED) is 0.709. The average molecular weight is 223 g/mol. The predicted octanol–water partition coefficient (Wildman–Crippen LogP) is -0.714. The number of likely N-dealkylation sites (tertiary alicyclic amines) is 1. The van der Waals surface area contributed by atoms with Crippen LogP contribution >= 0.6 is 0 Å². The first-order chi connectivity index (χ1) is 7.63. The molecule has 1 unspecified atom stereocenters. The van der Waals surface area contributed by atoms with Crippen LogP contribution in [0.3, 0.4) is 0 Å². The van der Waals surface area contributed by atoms with E-state index in [1.807, 2.05) is 0 Å². The van der Waals surface area contributed by atoms with Gasteiger partial charge in [0.05, 0.1) is 0 Å². The molecule has 2 rings (SSSR count). The van der Waals surface area contributed by atoms with Crippen LogP contribution < -0.4 is 11.1 Å². The molecule has 1 aliphatic rings. The summed E-state index contributed by atoms with van der Waals surface area (Å²) in [6, 6.07) is 1.95. The molecule has 1 aromatic rings. The Labute approximate surface area is 94.4 Å². The first-order valence-corrected chi connectivity index (χ1v) is 5.40. The summed E-state index contributed by atoms with van der Waals surface area (Å²) >= 11 is 0. The predicted molar refractivity (Wildman–Crippen MR) is 60.7 cm³/mol. The van der Waals surface area contributed by atoms with Gasteiger partial charge in [0.2, 0.25) is 5.91 Å². The largest absolute Gasteiger partial charge is 0.382 e. The average Bonchev–Trinajstić information content (AvgIpc) is 2.76. The molecule has 0 aromatic carbocycles. The van der Waals surface area contributed by atoms with Crippen LogP contribution in [0.2, 0.25) is 0 Å². The van der Waals surface area contributed by atoms with Crippen LogP contribution in [0.1, 0.15) is 6.42 Å². The van der Waals surface area contributed by atoms with E-state index in [0.29, 0.717) is 5.82 Å². The summed E-state index contributed by atoms with van der Waals surface area (Å²) in [6.07, 6.45) is 2.72. The van der Waals surface area contributed by atoms with Crippen molar-refractivity contribution in [2.45, 2.75) is 19.0 Å². The van der Waals surface area contributed by atoms with Gasteiger partial charge in [-0.2, -0.15) is 5.10 Å². The molecule has 1 atom stereocenters. The Morgan fingerprint density at radius 3 is 3.12 bits per heavy atom. The fraction of sp³-hybridized carbons (Fsp3) is 0.600. The number of hydrogen-bond acceptors (Lipinski definition) is 4. The van der Waals surface area contributed by atoms with Gasteiger partial charge in [0.15, 0.2) is 0 Å². The number of anilines is 1. The van der Waals surface area contributed by atoms with E-state index in [2.05, 4.69) is 22.4 Å². The molecule has 16 heavy (non-hydrogen) atoms. The van der Waals surface area contributed by atoms with Gasteiger partial charge in [-0.1, -0.05) is 0 Å². The monoisotopic (exact) mass is 223 g/mol. The zero-order valence-corrected chi connectivity index (χ0v) is 9.39. The number of aromatic nitrogens is 2. The zero-order valence-electron chi connectivity index (χ0n) is 9.39. The summed E-state index contributed by atoms with van der Waals surface area (Å²) in [5, 5.41) is 6.95. The van der Waals surface area contributed by atoms with Crippen LogP contribution in [0.15, 0.2) is 12.3 Å². The normalized spacial score (nSPS) is 21.2. The molecule has 0 spiro atoms. The first-order valence-electron chi connectivity index (χ1n) is 5.40. The number of likely N-dealkylation sites (N-methyl/N-ethyl adjacent to an activating group) is 1. The summed E-state index contributed by atoms with van der Waals surface area (Å²) in [4.78, 5) is 13.9. The molecule has 1 fully saturated rings. The second-order valence-electron chi connectivity index (χ2n) is 4.25. The summed E-state index contributed by atoms with van der Waals surface area (Å²) in [7, 11) is 2.06. The van der Waals surface area contributed by atoms with E-state index in [9.17, 15) is 4.79 Å². The minimum atomic E-state index is -0.0107. The molecule has 1 aromatic heterocycles. The first kappa shape index (κ1) is 10.9. The van der Waals surface area contributed by atoms with Gasteiger partial charge in [0, 0.05) is 18.8 Å². The van der Waals surface area contributed by atoms with Crippen LogP contribution in [0.25, 0.3) is 0 Å². The highest BCUT2D eigenvalue weighted by Crippen LogP contribution is 2.06. The molecule has 0 bridgehead atoms. The Hall–Kier alpha value is -1.56. The Bertz CT molecular complexity index is 375. The second kappa shape index (κ2) is 4.52. The van der Waals surface area contributed by atoms with Gasteiger partial charge >= 0.3 is 0 Å². The molecule has 3 N–H and O–H groups in total. The number of hydrogen-bond donors (Lipinski definition) is 2. The van der Waals surface area contributed by atoms with Crippen LogP contribution in [0.4, 0.5) is 5.82 Å². The van der Waals surface area contributed by atoms with Gasteiger partial charge in [0.25, 0.3) is 0 Å². The maximum Gasteiger partial charge on any atom is 0.241 e. The smallest absolute Gasteiger partial charge is 0.241 e. The zero-order chi connectivity index (χ0) is 11.5. The SMILES string of the molecule is CN1CCC(NC(=O)Cn2ccc(N)n2)C1. The van der Waals surface area contributed by atoms with Gasteiger partial charge in [-0.05, 0) is 26.1 Å². The van der Waals surface area contributed by atoms with E-state index in [0.717, 1.165) is 19.5 Å². The van der Waals surface area contributed by atoms with Gasteiger partial charge in [-0.15, -0.1) is 0 Å². The molecule has 6 heteroatoms. The van der Waals surface area contributed by atoms with E-state index in [1.165, 1.54) is 0 Å². The highest BCUT2D eigenvalue weighted by atomic mass is 16.2. The number of rotatable bonds is 3. The summed E-state index contributed by atoms with van der Waals surface area (Å²) in [5.74, 6) is 0.428. The molecule has 1 amide bonds. The number of nitrogens with two attached hydrogens (primary N) is 1. The van der Waals surface area contributed by atoms with E-state index < -0.39 is 0 Å². The second-order valence-corrected chi connectivity index (χ2v) is 4.25. The lowest BCUT2D eigenvalue weighted by molar-refractivity contribution is -0.122. The molecule has 2 heterocycles. The Morgan fingerprint density at radius 2 is 2.56 bits per heavy atom. The van der Waals surface area contributed by atoms with Gasteiger partial charge in [-0.3, -0.25) is 9.48 Å². The Morgan fingerprint density at radius 1 is 1.75 bits per heavy atom. The minimum absolute atomic E-state index is 0.0107. The molecule has 6 nitrogen and oxygen atoms in total. The van der Waals surface area contributed by atoms with Crippen LogP contribution in [-0.2, 0) is 11.3 Å². The van der Waals surface area contributed by atoms with Gasteiger partial charge in [0.1, 0.15) is 12.4 Å². The van der Waals surface area contributed by atoms with Crippen molar-refractivity contribution in [2.75, 3.05) is 25.9 Å². The van der Waals surface area contributed by atoms with Crippen molar-refractivity contribution >= 4 is 11.7 Å². The number of carbonyl (C=O) groups excluding carboxylic acids is 1. The summed E-state index contributed by atoms with van der Waals surface area (Å²) in [5.41, 5.74) is 5.47. The lowest BCUT2D eigenvalue weighted by atomic mass is 10.2. The summed E-state index contributed by atoms with van der Waals surface area (Å²) < 4.78 is 1.54. The molecule has 1 saturated heterocycles. The molecule has 88 valence electrons. The summed E-state index contributed by atoms with van der Waals surface area (Å²) in [6.45, 7) is 2.20. The maximum absolute atomic E-state index is 11.7. The number of nitrogen functional groups attached to an aromatic ring is 1. The van der Waals surface area contributed by atoms with E-state index in [-0.39, 0.29) is 18.5 Å². The number of nitrogens with one attached hydrogen (secondary N) is 1. The van der Waals surface area contributed by atoms with Crippen molar-refractivity contribution in [1.29, 1.82) is 0 Å². The molecule has 0 aliphatic carbocycles. The standard InChI is InChI=1S/C10H17N5O/c1-14-4-2-8(6-14)12-10(16)7-15-5-3-9(11)13-15/h3,5,8H,2,4,6-7H2,1H3,(H2,11,13)(H,12,16). The van der Waals surface area contributed by atoms with Gasteiger partial charge < -0.3 is 16.0 Å². The third-order valence-corrected chi connectivity index (χ3v) is 2.72. The van der Waals surface area contributed by atoms with E-state index in [1.54, 1.807) is 16.9 Å². The fourth-order valence-corrected chi connectivity index (χ4v) is 1.94. The van der Waals surface area contributed by atoms with E-state index in [4.69, 9.17) is 5.73 Å². The van der Waals surface area contributed by atoms with Gasteiger partial charge in [-0.25, -0.2) is 0 Å². The number of carbonyl (C=O) groups is 1. The Balaban J connectivity index is 1.80. The van der Waals surface area contributed by atoms with Crippen molar-refractivity contribution < 1.29 is 4.79 Å². The molecule has 1 aliphatic heterocycles. The van der Waals surface area contributed by atoms with Crippen molar-refractivity contribution in [3.05, 3.63) is 12.3 Å². The van der Waals surface area contributed by atoms with Crippen LogP contribution in [0, 0.1) is 0 Å². The lowest BCUT2D eigenvalue weighted by Gasteiger charge is -2.12. The molecule has 0 saturated carbocycles. The van der Waals surface area contributed by atoms with Crippen molar-refractivity contribution in [2.24, 2.45) is 0 Å².